The van der Waals surface area contributed by atoms with Gasteiger partial charge in [0, 0.05) is 36.2 Å². The molecule has 2 aromatic rings. The molecule has 0 bridgehead atoms. The summed E-state index contributed by atoms with van der Waals surface area (Å²) in [7, 11) is 0. The van der Waals surface area contributed by atoms with Crippen molar-refractivity contribution in [1.82, 2.24) is 0 Å². The summed E-state index contributed by atoms with van der Waals surface area (Å²) in [4.78, 5) is 7.26. The summed E-state index contributed by atoms with van der Waals surface area (Å²) in [6.07, 6.45) is 15.7. The molecule has 40 heavy (non-hydrogen) atoms. The number of nitrogens with zero attached hydrogens (tertiary/aromatic N) is 2. The van der Waals surface area contributed by atoms with Crippen molar-refractivity contribution in [1.29, 1.82) is 0 Å². The van der Waals surface area contributed by atoms with Gasteiger partial charge in [0.05, 0.1) is 12.3 Å². The highest BCUT2D eigenvalue weighted by molar-refractivity contribution is 5.86. The SMILES string of the molecule is C=CNc1c(CO)c(N2CC[C@H](C)C2)cc(-c2ccc3c(c2)N=CC(CC)C3)c1C(C)CC.CC1CCCCC1. The van der Waals surface area contributed by atoms with Crippen LogP contribution in [0.5, 0.6) is 0 Å². The number of aliphatic hydroxyl groups excluding tert-OH is 1. The molecule has 5 rings (SSSR count). The second kappa shape index (κ2) is 14.3. The Hall–Kier alpha value is -2.59. The average Bonchev–Trinajstić information content (AvgIpc) is 3.42. The molecule has 4 heteroatoms. The van der Waals surface area contributed by atoms with E-state index in [1.54, 1.807) is 6.20 Å². The van der Waals surface area contributed by atoms with Crippen LogP contribution in [0.1, 0.15) is 109 Å². The quantitative estimate of drug-likeness (QED) is 0.348. The van der Waals surface area contributed by atoms with Gasteiger partial charge in [0.1, 0.15) is 0 Å². The Morgan fingerprint density at radius 1 is 1.10 bits per heavy atom. The molecule has 2 heterocycles. The molecule has 0 spiro atoms. The molecule has 0 aromatic heterocycles. The van der Waals surface area contributed by atoms with E-state index < -0.39 is 0 Å². The van der Waals surface area contributed by atoms with E-state index in [1.807, 2.05) is 0 Å². The molecule has 0 amide bonds. The first-order valence-electron chi connectivity index (χ1n) is 16.0. The molecule has 2 aliphatic heterocycles. The molecule has 3 atom stereocenters. The monoisotopic (exact) mass is 543 g/mol. The maximum Gasteiger partial charge on any atom is 0.0722 e. The summed E-state index contributed by atoms with van der Waals surface area (Å²) < 4.78 is 0. The minimum absolute atomic E-state index is 0.00693. The van der Waals surface area contributed by atoms with Crippen LogP contribution in [0.25, 0.3) is 11.1 Å². The van der Waals surface area contributed by atoms with Crippen LogP contribution >= 0.6 is 0 Å². The van der Waals surface area contributed by atoms with Crippen LogP contribution in [0.2, 0.25) is 0 Å². The van der Waals surface area contributed by atoms with Crippen molar-refractivity contribution in [2.24, 2.45) is 22.7 Å². The van der Waals surface area contributed by atoms with E-state index in [0.717, 1.165) is 60.9 Å². The van der Waals surface area contributed by atoms with Gasteiger partial charge in [-0.2, -0.15) is 0 Å². The lowest BCUT2D eigenvalue weighted by molar-refractivity contribution is 0.282. The van der Waals surface area contributed by atoms with E-state index in [2.05, 4.69) is 81.9 Å². The van der Waals surface area contributed by atoms with Gasteiger partial charge in [0.25, 0.3) is 0 Å². The van der Waals surface area contributed by atoms with Crippen LogP contribution in [0.3, 0.4) is 0 Å². The van der Waals surface area contributed by atoms with Crippen LogP contribution in [0.15, 0.2) is 42.0 Å². The number of fused-ring (bicyclic) bond motifs is 1. The summed E-state index contributed by atoms with van der Waals surface area (Å²) >= 11 is 0. The molecule has 2 aromatic carbocycles. The van der Waals surface area contributed by atoms with E-state index in [1.165, 1.54) is 60.8 Å². The van der Waals surface area contributed by atoms with Gasteiger partial charge in [-0.3, -0.25) is 4.99 Å². The predicted molar refractivity (Wildman–Crippen MR) is 174 cm³/mol. The maximum absolute atomic E-state index is 10.5. The molecule has 2 N–H and O–H groups in total. The highest BCUT2D eigenvalue weighted by atomic mass is 16.3. The third-order valence-electron chi connectivity index (χ3n) is 9.45. The second-order valence-electron chi connectivity index (χ2n) is 12.6. The van der Waals surface area contributed by atoms with Crippen molar-refractivity contribution in [3.8, 4) is 11.1 Å². The van der Waals surface area contributed by atoms with Gasteiger partial charge < -0.3 is 15.3 Å². The molecular formula is C36H53N3O. The Morgan fingerprint density at radius 2 is 1.88 bits per heavy atom. The van der Waals surface area contributed by atoms with Crippen LogP contribution in [0, 0.1) is 17.8 Å². The molecule has 4 nitrogen and oxygen atoms in total. The van der Waals surface area contributed by atoms with E-state index in [-0.39, 0.29) is 6.61 Å². The number of aliphatic hydroxyl groups is 1. The normalized spacial score (nSPS) is 21.4. The van der Waals surface area contributed by atoms with Gasteiger partial charge in [0.15, 0.2) is 0 Å². The minimum Gasteiger partial charge on any atom is -0.392 e. The molecule has 1 aliphatic carbocycles. The average molecular weight is 544 g/mol. The second-order valence-corrected chi connectivity index (χ2v) is 12.6. The third-order valence-corrected chi connectivity index (χ3v) is 9.45. The number of anilines is 2. The van der Waals surface area contributed by atoms with E-state index in [0.29, 0.717) is 17.8 Å². The lowest BCUT2D eigenvalue weighted by Gasteiger charge is -2.29. The Labute approximate surface area is 244 Å². The third kappa shape index (κ3) is 7.00. The van der Waals surface area contributed by atoms with Gasteiger partial charge in [-0.05, 0) is 89.9 Å². The van der Waals surface area contributed by atoms with Crippen molar-refractivity contribution < 1.29 is 5.11 Å². The van der Waals surface area contributed by atoms with Crippen molar-refractivity contribution in [3.05, 3.63) is 53.7 Å². The van der Waals surface area contributed by atoms with Gasteiger partial charge >= 0.3 is 0 Å². The largest absolute Gasteiger partial charge is 0.392 e. The van der Waals surface area contributed by atoms with Crippen molar-refractivity contribution >= 4 is 23.3 Å². The number of aliphatic imine (C=N–C) groups is 1. The molecular weight excluding hydrogens is 490 g/mol. The summed E-state index contributed by atoms with van der Waals surface area (Å²) in [5.41, 5.74) is 9.24. The summed E-state index contributed by atoms with van der Waals surface area (Å²) in [6.45, 7) is 17.4. The zero-order valence-electron chi connectivity index (χ0n) is 25.8. The lowest BCUT2D eigenvalue weighted by Crippen LogP contribution is -2.22. The molecule has 218 valence electrons. The lowest BCUT2D eigenvalue weighted by atomic mass is 9.84. The fourth-order valence-corrected chi connectivity index (χ4v) is 6.65. The Bertz CT molecular complexity index is 1160. The fourth-order valence-electron chi connectivity index (χ4n) is 6.65. The number of nitrogens with one attached hydrogen (secondary N) is 1. The van der Waals surface area contributed by atoms with Crippen LogP contribution in [-0.2, 0) is 13.0 Å². The molecule has 1 saturated carbocycles. The van der Waals surface area contributed by atoms with Crippen molar-refractivity contribution in [3.63, 3.8) is 0 Å². The van der Waals surface area contributed by atoms with Crippen molar-refractivity contribution in [2.45, 2.75) is 105 Å². The standard InChI is InChI=1S/C29H39N3O.C7H14/c1-6-20(5)28-24(22-9-10-23-13-21(7-2)16-31-26(23)14-22)15-27(32-12-11-19(4)17-32)25(18-33)29(28)30-8-3;1-7-5-3-2-4-6-7/h8-10,14-16,19-21,30,33H,3,6-7,11-13,17-18H2,1-2,4-5H3;7H,2-6H2,1H3/t19-,20?,21?;/m0./s1. The Balaban J connectivity index is 0.000000461. The van der Waals surface area contributed by atoms with Gasteiger partial charge in [-0.15, -0.1) is 0 Å². The number of benzene rings is 2. The molecule has 3 aliphatic rings. The fraction of sp³-hybridized carbons (Fsp3) is 0.583. The minimum atomic E-state index is 0.00693. The first kappa shape index (κ1) is 30.4. The predicted octanol–water partition coefficient (Wildman–Crippen LogP) is 9.63. The summed E-state index contributed by atoms with van der Waals surface area (Å²) in [6, 6.07) is 9.11. The van der Waals surface area contributed by atoms with E-state index in [9.17, 15) is 5.11 Å². The topological polar surface area (TPSA) is 47.9 Å². The zero-order valence-corrected chi connectivity index (χ0v) is 25.8. The van der Waals surface area contributed by atoms with Crippen LogP contribution in [-0.4, -0.2) is 24.4 Å². The smallest absolute Gasteiger partial charge is 0.0722 e. The highest BCUT2D eigenvalue weighted by Crippen LogP contribution is 2.45. The molecule has 0 radical (unpaired) electrons. The van der Waals surface area contributed by atoms with Crippen LogP contribution < -0.4 is 10.2 Å². The zero-order chi connectivity index (χ0) is 28.6. The maximum atomic E-state index is 10.5. The molecule has 2 fully saturated rings. The summed E-state index contributed by atoms with van der Waals surface area (Å²) in [5, 5.41) is 13.9. The number of hydrogen-bond donors (Lipinski definition) is 2. The van der Waals surface area contributed by atoms with Gasteiger partial charge in [0.2, 0.25) is 0 Å². The first-order chi connectivity index (χ1) is 19.4. The van der Waals surface area contributed by atoms with Gasteiger partial charge in [-0.1, -0.05) is 85.4 Å². The summed E-state index contributed by atoms with van der Waals surface area (Å²) in [5.74, 6) is 2.57. The Morgan fingerprint density at radius 3 is 2.45 bits per heavy atom. The molecule has 2 unspecified atom stereocenters. The van der Waals surface area contributed by atoms with E-state index >= 15 is 0 Å². The number of hydrogen-bond acceptors (Lipinski definition) is 4. The van der Waals surface area contributed by atoms with E-state index in [4.69, 9.17) is 4.99 Å². The Kier molecular flexibility index (Phi) is 10.9. The first-order valence-corrected chi connectivity index (χ1v) is 16.0. The van der Waals surface area contributed by atoms with Gasteiger partial charge in [-0.25, -0.2) is 0 Å². The molecule has 1 saturated heterocycles. The number of rotatable bonds is 8. The van der Waals surface area contributed by atoms with Crippen LogP contribution in [0.4, 0.5) is 17.1 Å². The highest BCUT2D eigenvalue weighted by Gasteiger charge is 2.27. The van der Waals surface area contributed by atoms with Crippen molar-refractivity contribution in [2.75, 3.05) is 23.3 Å².